The zero-order valence-corrected chi connectivity index (χ0v) is 12.5. The first kappa shape index (κ1) is 14.7. The van der Waals surface area contributed by atoms with Gasteiger partial charge in [0, 0.05) is 24.4 Å². The fraction of sp³-hybridized carbons (Fsp3) is 0.562. The van der Waals surface area contributed by atoms with Crippen LogP contribution in [0.25, 0.3) is 0 Å². The molecule has 0 radical (unpaired) electrons. The highest BCUT2D eigenvalue weighted by molar-refractivity contribution is 5.75. The number of rotatable bonds is 5. The zero-order chi connectivity index (χ0) is 14.5. The number of amides is 1. The Bertz CT molecular complexity index is 485. The molecule has 0 aliphatic heterocycles. The summed E-state index contributed by atoms with van der Waals surface area (Å²) in [5, 5.41) is 3.00. The monoisotopic (exact) mass is 277 g/mol. The minimum absolute atomic E-state index is 0.109. The molecule has 4 nitrogen and oxygen atoms in total. The van der Waals surface area contributed by atoms with Crippen LogP contribution in [0.2, 0.25) is 0 Å². The lowest BCUT2D eigenvalue weighted by Gasteiger charge is -2.28. The molecule has 4 heteroatoms. The van der Waals surface area contributed by atoms with Crippen LogP contribution in [-0.4, -0.2) is 26.7 Å². The molecule has 0 heterocycles. The maximum atomic E-state index is 11.4. The Labute approximate surface area is 120 Å². The predicted octanol–water partition coefficient (Wildman–Crippen LogP) is 2.65. The Morgan fingerprint density at radius 1 is 1.35 bits per heavy atom. The molecule has 1 aliphatic carbocycles. The summed E-state index contributed by atoms with van der Waals surface area (Å²) < 4.78 is 10.9. The van der Waals surface area contributed by atoms with Gasteiger partial charge in [0.15, 0.2) is 11.5 Å². The summed E-state index contributed by atoms with van der Waals surface area (Å²) in [4.78, 5) is 11.4. The van der Waals surface area contributed by atoms with Gasteiger partial charge in [0.2, 0.25) is 5.91 Å². The third-order valence-corrected chi connectivity index (χ3v) is 3.97. The molecule has 0 spiro atoms. The van der Waals surface area contributed by atoms with Crippen LogP contribution in [-0.2, 0) is 11.2 Å². The number of nitrogens with one attached hydrogen (secondary N) is 1. The van der Waals surface area contributed by atoms with E-state index in [4.69, 9.17) is 9.47 Å². The van der Waals surface area contributed by atoms with Crippen LogP contribution in [0.3, 0.4) is 0 Å². The second kappa shape index (κ2) is 6.64. The fourth-order valence-corrected chi connectivity index (χ4v) is 2.90. The molecule has 1 unspecified atom stereocenters. The summed E-state index contributed by atoms with van der Waals surface area (Å²) in [5.41, 5.74) is 2.51. The predicted molar refractivity (Wildman–Crippen MR) is 78.5 cm³/mol. The molecule has 1 aliphatic rings. The van der Waals surface area contributed by atoms with Crippen molar-refractivity contribution in [1.82, 2.24) is 5.32 Å². The normalized spacial score (nSPS) is 17.2. The maximum absolute atomic E-state index is 11.4. The molecule has 1 atom stereocenters. The van der Waals surface area contributed by atoms with E-state index in [0.29, 0.717) is 18.9 Å². The first-order chi connectivity index (χ1) is 9.71. The number of methoxy groups -OCH3 is 2. The average Bonchev–Trinajstić information content (AvgIpc) is 2.50. The van der Waals surface area contributed by atoms with Crippen molar-refractivity contribution >= 4 is 5.91 Å². The zero-order valence-electron chi connectivity index (χ0n) is 12.5. The van der Waals surface area contributed by atoms with Crippen LogP contribution in [0.1, 0.15) is 43.2 Å². The second-order valence-corrected chi connectivity index (χ2v) is 5.12. The van der Waals surface area contributed by atoms with Gasteiger partial charge in [-0.25, -0.2) is 0 Å². The SMILES string of the molecule is CCC(=O)NCC1CCCc2c1ccc(OC)c2OC. The molecule has 20 heavy (non-hydrogen) atoms. The van der Waals surface area contributed by atoms with Crippen molar-refractivity contribution < 1.29 is 14.3 Å². The number of hydrogen-bond donors (Lipinski definition) is 1. The van der Waals surface area contributed by atoms with Crippen molar-refractivity contribution in [1.29, 1.82) is 0 Å². The Morgan fingerprint density at radius 2 is 2.15 bits per heavy atom. The molecule has 1 N–H and O–H groups in total. The summed E-state index contributed by atoms with van der Waals surface area (Å²) in [6.45, 7) is 2.58. The van der Waals surface area contributed by atoms with Gasteiger partial charge in [-0.05, 0) is 30.9 Å². The summed E-state index contributed by atoms with van der Waals surface area (Å²) >= 11 is 0. The van der Waals surface area contributed by atoms with E-state index in [0.717, 1.165) is 30.8 Å². The lowest BCUT2D eigenvalue weighted by molar-refractivity contribution is -0.120. The van der Waals surface area contributed by atoms with E-state index in [9.17, 15) is 4.79 Å². The maximum Gasteiger partial charge on any atom is 0.219 e. The minimum atomic E-state index is 0.109. The van der Waals surface area contributed by atoms with Gasteiger partial charge in [-0.1, -0.05) is 13.0 Å². The highest BCUT2D eigenvalue weighted by Gasteiger charge is 2.25. The van der Waals surface area contributed by atoms with Crippen molar-refractivity contribution in [2.75, 3.05) is 20.8 Å². The van der Waals surface area contributed by atoms with Crippen molar-refractivity contribution in [3.05, 3.63) is 23.3 Å². The van der Waals surface area contributed by atoms with Crippen molar-refractivity contribution in [2.45, 2.75) is 38.5 Å². The van der Waals surface area contributed by atoms with Gasteiger partial charge in [-0.15, -0.1) is 0 Å². The van der Waals surface area contributed by atoms with E-state index in [1.54, 1.807) is 14.2 Å². The molecule has 0 fully saturated rings. The largest absolute Gasteiger partial charge is 0.493 e. The van der Waals surface area contributed by atoms with Gasteiger partial charge in [0.25, 0.3) is 0 Å². The smallest absolute Gasteiger partial charge is 0.219 e. The molecule has 0 aromatic heterocycles. The number of carbonyl (C=O) groups excluding carboxylic acids is 1. The van der Waals surface area contributed by atoms with Gasteiger partial charge in [0.05, 0.1) is 14.2 Å². The molecule has 1 aromatic carbocycles. The van der Waals surface area contributed by atoms with Gasteiger partial charge in [-0.3, -0.25) is 4.79 Å². The van der Waals surface area contributed by atoms with Gasteiger partial charge in [-0.2, -0.15) is 0 Å². The highest BCUT2D eigenvalue weighted by Crippen LogP contribution is 2.41. The molecule has 2 rings (SSSR count). The summed E-state index contributed by atoms with van der Waals surface area (Å²) in [6.07, 6.45) is 3.76. The molecule has 0 saturated heterocycles. The Balaban J connectivity index is 2.25. The molecular weight excluding hydrogens is 254 g/mol. The van der Waals surface area contributed by atoms with E-state index < -0.39 is 0 Å². The summed E-state index contributed by atoms with van der Waals surface area (Å²) in [7, 11) is 3.34. The molecular formula is C16H23NO3. The van der Waals surface area contributed by atoms with Gasteiger partial charge in [0.1, 0.15) is 0 Å². The van der Waals surface area contributed by atoms with Crippen LogP contribution in [0.4, 0.5) is 0 Å². The van der Waals surface area contributed by atoms with E-state index in [-0.39, 0.29) is 5.91 Å². The van der Waals surface area contributed by atoms with Crippen LogP contribution < -0.4 is 14.8 Å². The van der Waals surface area contributed by atoms with E-state index in [1.807, 2.05) is 13.0 Å². The average molecular weight is 277 g/mol. The van der Waals surface area contributed by atoms with E-state index in [1.165, 1.54) is 11.1 Å². The van der Waals surface area contributed by atoms with Crippen molar-refractivity contribution in [3.8, 4) is 11.5 Å². The van der Waals surface area contributed by atoms with E-state index >= 15 is 0 Å². The molecule has 1 aromatic rings. The summed E-state index contributed by atoms with van der Waals surface area (Å²) in [5.74, 6) is 2.10. The van der Waals surface area contributed by atoms with Crippen molar-refractivity contribution in [3.63, 3.8) is 0 Å². The third kappa shape index (κ3) is 2.89. The van der Waals surface area contributed by atoms with E-state index in [2.05, 4.69) is 11.4 Å². The Kier molecular flexibility index (Phi) is 4.88. The first-order valence-corrected chi connectivity index (χ1v) is 7.21. The van der Waals surface area contributed by atoms with Gasteiger partial charge >= 0.3 is 0 Å². The quantitative estimate of drug-likeness (QED) is 0.900. The number of ether oxygens (including phenoxy) is 2. The topological polar surface area (TPSA) is 47.6 Å². The highest BCUT2D eigenvalue weighted by atomic mass is 16.5. The van der Waals surface area contributed by atoms with Gasteiger partial charge < -0.3 is 14.8 Å². The lowest BCUT2D eigenvalue weighted by atomic mass is 9.82. The molecule has 0 bridgehead atoms. The third-order valence-electron chi connectivity index (χ3n) is 3.97. The van der Waals surface area contributed by atoms with Crippen LogP contribution in [0.15, 0.2) is 12.1 Å². The van der Waals surface area contributed by atoms with Crippen LogP contribution in [0, 0.1) is 0 Å². The minimum Gasteiger partial charge on any atom is -0.493 e. The first-order valence-electron chi connectivity index (χ1n) is 7.21. The van der Waals surface area contributed by atoms with Crippen LogP contribution in [0.5, 0.6) is 11.5 Å². The number of carbonyl (C=O) groups is 1. The lowest BCUT2D eigenvalue weighted by Crippen LogP contribution is -2.29. The molecule has 110 valence electrons. The molecule has 1 amide bonds. The Hall–Kier alpha value is -1.71. The number of hydrogen-bond acceptors (Lipinski definition) is 3. The second-order valence-electron chi connectivity index (χ2n) is 5.12. The molecule has 0 saturated carbocycles. The van der Waals surface area contributed by atoms with Crippen molar-refractivity contribution in [2.24, 2.45) is 0 Å². The number of benzene rings is 1. The summed E-state index contributed by atoms with van der Waals surface area (Å²) in [6, 6.07) is 4.07. The number of fused-ring (bicyclic) bond motifs is 1. The standard InChI is InChI=1S/C16H23NO3/c1-4-15(18)17-10-11-6-5-7-13-12(11)8-9-14(19-2)16(13)20-3/h8-9,11H,4-7,10H2,1-3H3,(H,17,18). The fourth-order valence-electron chi connectivity index (χ4n) is 2.90. The van der Waals surface area contributed by atoms with Crippen LogP contribution >= 0.6 is 0 Å². The Morgan fingerprint density at radius 3 is 2.80 bits per heavy atom.